The minimum absolute atomic E-state index is 0.0681. The fourth-order valence-electron chi connectivity index (χ4n) is 1.88. The molecule has 2 heterocycles. The highest BCUT2D eigenvalue weighted by Crippen LogP contribution is 2.16. The monoisotopic (exact) mass is 262 g/mol. The minimum Gasteiger partial charge on any atom is -0.394 e. The van der Waals surface area contributed by atoms with Gasteiger partial charge in [-0.15, -0.1) is 0 Å². The highest BCUT2D eigenvalue weighted by molar-refractivity contribution is 5.97. The van der Waals surface area contributed by atoms with Gasteiger partial charge < -0.3 is 14.6 Å². The van der Waals surface area contributed by atoms with Gasteiger partial charge in [-0.2, -0.15) is 5.10 Å². The second-order valence-corrected chi connectivity index (χ2v) is 4.54. The number of carbonyl (C=O) groups is 1. The van der Waals surface area contributed by atoms with Crippen molar-refractivity contribution in [3.05, 3.63) is 36.3 Å². The lowest BCUT2D eigenvalue weighted by atomic mass is 10.2. The number of hydrogen-bond acceptors (Lipinski definition) is 3. The van der Waals surface area contributed by atoms with E-state index in [1.165, 1.54) is 4.90 Å². The summed E-state index contributed by atoms with van der Waals surface area (Å²) in [5.74, 6) is 0.560. The summed E-state index contributed by atoms with van der Waals surface area (Å²) >= 11 is 0. The van der Waals surface area contributed by atoms with Gasteiger partial charge in [0.15, 0.2) is 0 Å². The number of hydrogen-bond donors (Lipinski definition) is 1. The molecule has 6 nitrogen and oxygen atoms in total. The van der Waals surface area contributed by atoms with Gasteiger partial charge in [-0.1, -0.05) is 0 Å². The fourth-order valence-corrected chi connectivity index (χ4v) is 1.88. The van der Waals surface area contributed by atoms with Crippen LogP contribution in [-0.2, 0) is 7.05 Å². The van der Waals surface area contributed by atoms with Crippen molar-refractivity contribution in [3.63, 3.8) is 0 Å². The molecule has 1 atom stereocenters. The van der Waals surface area contributed by atoms with E-state index in [1.54, 1.807) is 31.9 Å². The first kappa shape index (κ1) is 13.4. The highest BCUT2D eigenvalue weighted by atomic mass is 16.3. The van der Waals surface area contributed by atoms with Crippen molar-refractivity contribution in [3.8, 4) is 5.82 Å². The predicted octanol–water partition coefficient (Wildman–Crippen LogP) is 0.664. The first-order valence-electron chi connectivity index (χ1n) is 6.09. The molecule has 0 aromatic carbocycles. The van der Waals surface area contributed by atoms with Crippen LogP contribution in [0.1, 0.15) is 17.3 Å². The zero-order valence-corrected chi connectivity index (χ0v) is 11.3. The van der Waals surface area contributed by atoms with Crippen LogP contribution in [0.5, 0.6) is 0 Å². The van der Waals surface area contributed by atoms with Crippen molar-refractivity contribution in [2.45, 2.75) is 13.0 Å². The SMILES string of the molecule is CC(CO)N(C)C(=O)c1cnn(C)c1-n1cccc1. The Balaban J connectivity index is 2.39. The van der Waals surface area contributed by atoms with Gasteiger partial charge >= 0.3 is 0 Å². The molecule has 1 amide bonds. The third-order valence-corrected chi connectivity index (χ3v) is 3.23. The Morgan fingerprint density at radius 3 is 2.68 bits per heavy atom. The van der Waals surface area contributed by atoms with E-state index in [0.29, 0.717) is 11.4 Å². The number of aryl methyl sites for hydroxylation is 1. The lowest BCUT2D eigenvalue weighted by Gasteiger charge is -2.23. The Hall–Kier alpha value is -2.08. The quantitative estimate of drug-likeness (QED) is 0.880. The lowest BCUT2D eigenvalue weighted by molar-refractivity contribution is 0.0682. The topological polar surface area (TPSA) is 63.3 Å². The van der Waals surface area contributed by atoms with Crippen LogP contribution < -0.4 is 0 Å². The second kappa shape index (κ2) is 5.27. The van der Waals surface area contributed by atoms with Crippen LogP contribution in [0, 0.1) is 0 Å². The van der Waals surface area contributed by atoms with E-state index >= 15 is 0 Å². The maximum absolute atomic E-state index is 12.4. The molecule has 2 rings (SSSR count). The van der Waals surface area contributed by atoms with Crippen LogP contribution in [0.25, 0.3) is 5.82 Å². The van der Waals surface area contributed by atoms with Crippen LogP contribution in [0.4, 0.5) is 0 Å². The number of carbonyl (C=O) groups excluding carboxylic acids is 1. The third kappa shape index (κ3) is 2.39. The number of aromatic nitrogens is 3. The molecular weight excluding hydrogens is 244 g/mol. The number of amides is 1. The zero-order valence-electron chi connectivity index (χ0n) is 11.3. The molecule has 2 aromatic rings. The predicted molar refractivity (Wildman–Crippen MR) is 71.2 cm³/mol. The zero-order chi connectivity index (χ0) is 14.0. The van der Waals surface area contributed by atoms with E-state index < -0.39 is 0 Å². The molecular formula is C13H18N4O2. The summed E-state index contributed by atoms with van der Waals surface area (Å²) in [7, 11) is 3.47. The van der Waals surface area contributed by atoms with Crippen LogP contribution >= 0.6 is 0 Å². The van der Waals surface area contributed by atoms with Crippen LogP contribution in [0.2, 0.25) is 0 Å². The van der Waals surface area contributed by atoms with Crippen molar-refractivity contribution in [2.24, 2.45) is 7.05 Å². The molecule has 0 fully saturated rings. The number of likely N-dealkylation sites (N-methyl/N-ethyl adjacent to an activating group) is 1. The maximum Gasteiger partial charge on any atom is 0.259 e. The third-order valence-electron chi connectivity index (χ3n) is 3.23. The molecule has 0 aliphatic rings. The first-order chi connectivity index (χ1) is 9.06. The van der Waals surface area contributed by atoms with E-state index in [0.717, 1.165) is 0 Å². The summed E-state index contributed by atoms with van der Waals surface area (Å²) in [6.45, 7) is 1.73. The van der Waals surface area contributed by atoms with Gasteiger partial charge in [0.25, 0.3) is 5.91 Å². The summed E-state index contributed by atoms with van der Waals surface area (Å²) in [5, 5.41) is 13.3. The number of nitrogens with zero attached hydrogens (tertiary/aromatic N) is 4. The number of aliphatic hydroxyl groups is 1. The summed E-state index contributed by atoms with van der Waals surface area (Å²) in [4.78, 5) is 13.9. The minimum atomic E-state index is -0.231. The van der Waals surface area contributed by atoms with E-state index in [-0.39, 0.29) is 18.6 Å². The van der Waals surface area contributed by atoms with E-state index in [9.17, 15) is 4.79 Å². The molecule has 0 aliphatic heterocycles. The van der Waals surface area contributed by atoms with E-state index in [4.69, 9.17) is 5.11 Å². The molecule has 1 N–H and O–H groups in total. The Morgan fingerprint density at radius 1 is 1.47 bits per heavy atom. The molecule has 19 heavy (non-hydrogen) atoms. The molecule has 0 radical (unpaired) electrons. The summed E-state index contributed by atoms with van der Waals surface area (Å²) in [6, 6.07) is 3.55. The van der Waals surface area contributed by atoms with Gasteiger partial charge in [0.05, 0.1) is 18.8 Å². The molecule has 1 unspecified atom stereocenters. The van der Waals surface area contributed by atoms with Gasteiger partial charge in [-0.05, 0) is 19.1 Å². The normalized spacial score (nSPS) is 12.4. The van der Waals surface area contributed by atoms with Crippen LogP contribution in [0.15, 0.2) is 30.7 Å². The lowest BCUT2D eigenvalue weighted by Crippen LogP contribution is -2.37. The smallest absolute Gasteiger partial charge is 0.259 e. The van der Waals surface area contributed by atoms with Crippen molar-refractivity contribution in [1.29, 1.82) is 0 Å². The number of rotatable bonds is 4. The van der Waals surface area contributed by atoms with Crippen molar-refractivity contribution >= 4 is 5.91 Å². The molecule has 0 aliphatic carbocycles. The molecule has 0 saturated heterocycles. The highest BCUT2D eigenvalue weighted by Gasteiger charge is 2.23. The van der Waals surface area contributed by atoms with E-state index in [1.807, 2.05) is 29.1 Å². The first-order valence-corrected chi connectivity index (χ1v) is 6.09. The average Bonchev–Trinajstić information content (AvgIpc) is 3.04. The van der Waals surface area contributed by atoms with E-state index in [2.05, 4.69) is 5.10 Å². The molecule has 102 valence electrons. The molecule has 6 heteroatoms. The maximum atomic E-state index is 12.4. The average molecular weight is 262 g/mol. The van der Waals surface area contributed by atoms with Crippen molar-refractivity contribution in [2.75, 3.05) is 13.7 Å². The Kier molecular flexibility index (Phi) is 3.71. The Bertz CT molecular complexity index is 559. The fraction of sp³-hybridized carbons (Fsp3) is 0.385. The molecule has 0 saturated carbocycles. The molecule has 0 spiro atoms. The van der Waals surface area contributed by atoms with Crippen molar-refractivity contribution < 1.29 is 9.90 Å². The largest absolute Gasteiger partial charge is 0.394 e. The van der Waals surface area contributed by atoms with Gasteiger partial charge in [0.1, 0.15) is 11.4 Å². The Morgan fingerprint density at radius 2 is 2.11 bits per heavy atom. The standard InChI is InChI=1S/C13H18N4O2/c1-10(9-18)15(2)13(19)11-8-14-16(3)12(11)17-6-4-5-7-17/h4-8,10,18H,9H2,1-3H3. The summed E-state index contributed by atoms with van der Waals surface area (Å²) in [5.41, 5.74) is 0.515. The van der Waals surface area contributed by atoms with Gasteiger partial charge in [-0.25, -0.2) is 0 Å². The summed E-state index contributed by atoms with van der Waals surface area (Å²) in [6.07, 6.45) is 5.28. The Labute approximate surface area is 111 Å². The van der Waals surface area contributed by atoms with Gasteiger partial charge in [0.2, 0.25) is 0 Å². The van der Waals surface area contributed by atoms with Crippen LogP contribution in [0.3, 0.4) is 0 Å². The summed E-state index contributed by atoms with van der Waals surface area (Å²) < 4.78 is 3.50. The molecule has 2 aromatic heterocycles. The second-order valence-electron chi connectivity index (χ2n) is 4.54. The number of aliphatic hydroxyl groups excluding tert-OH is 1. The van der Waals surface area contributed by atoms with Crippen LogP contribution in [-0.4, -0.2) is 50.0 Å². The molecule has 0 bridgehead atoms. The van der Waals surface area contributed by atoms with Gasteiger partial charge in [0, 0.05) is 26.5 Å². The van der Waals surface area contributed by atoms with Gasteiger partial charge in [-0.3, -0.25) is 9.48 Å². The van der Waals surface area contributed by atoms with Crippen molar-refractivity contribution in [1.82, 2.24) is 19.2 Å².